The molecule has 26 heavy (non-hydrogen) atoms. The van der Waals surface area contributed by atoms with Crippen molar-refractivity contribution in [1.82, 2.24) is 0 Å². The molecule has 0 saturated carbocycles. The van der Waals surface area contributed by atoms with Crippen LogP contribution in [0.15, 0.2) is 42.0 Å². The van der Waals surface area contributed by atoms with Crippen LogP contribution in [0, 0.1) is 17.5 Å². The third-order valence-electron chi connectivity index (χ3n) is 4.35. The molecule has 2 aromatic carbocycles. The molecule has 0 spiro atoms. The van der Waals surface area contributed by atoms with Gasteiger partial charge in [-0.3, -0.25) is 0 Å². The number of carboxylic acid groups (broad SMARTS) is 1. The lowest BCUT2D eigenvalue weighted by Crippen LogP contribution is -2.43. The standard InChI is InChI=1S/C19H16F3NO3/c1-10-16-14(22)7-13(21)8-15(16)23(18(26-2)17(10)19(24)25)9-11-4-3-5-12(20)6-11/h3-8,18H,9H2,1-2H3,(H,24,25). The number of fused-ring (bicyclic) bond motifs is 1. The molecule has 1 N–H and O–H groups in total. The van der Waals surface area contributed by atoms with Gasteiger partial charge in [0.2, 0.25) is 0 Å². The molecule has 3 rings (SSSR count). The van der Waals surface area contributed by atoms with Gasteiger partial charge in [0.15, 0.2) is 6.23 Å². The van der Waals surface area contributed by atoms with Crippen LogP contribution in [0.25, 0.3) is 5.57 Å². The number of hydrogen-bond donors (Lipinski definition) is 1. The van der Waals surface area contributed by atoms with Gasteiger partial charge in [-0.1, -0.05) is 12.1 Å². The van der Waals surface area contributed by atoms with Crippen LogP contribution in [0.2, 0.25) is 0 Å². The number of halogens is 3. The second kappa shape index (κ2) is 6.84. The van der Waals surface area contributed by atoms with E-state index < -0.39 is 29.6 Å². The molecule has 0 bridgehead atoms. The normalized spacial score (nSPS) is 16.7. The molecule has 0 radical (unpaired) electrons. The number of ether oxygens (including phenoxy) is 1. The van der Waals surface area contributed by atoms with Gasteiger partial charge in [-0.15, -0.1) is 0 Å². The van der Waals surface area contributed by atoms with E-state index >= 15 is 0 Å². The molecule has 0 amide bonds. The van der Waals surface area contributed by atoms with Gasteiger partial charge in [-0.25, -0.2) is 18.0 Å². The summed E-state index contributed by atoms with van der Waals surface area (Å²) in [4.78, 5) is 13.2. The molecule has 2 aromatic rings. The first-order chi connectivity index (χ1) is 12.3. The van der Waals surface area contributed by atoms with Gasteiger partial charge in [0.05, 0.1) is 11.3 Å². The number of hydrogen-bond acceptors (Lipinski definition) is 3. The molecule has 0 aliphatic carbocycles. The third-order valence-corrected chi connectivity index (χ3v) is 4.35. The Balaban J connectivity index is 2.21. The predicted molar refractivity (Wildman–Crippen MR) is 90.0 cm³/mol. The zero-order chi connectivity index (χ0) is 19.0. The number of rotatable bonds is 4. The highest BCUT2D eigenvalue weighted by Gasteiger charge is 2.37. The van der Waals surface area contributed by atoms with Gasteiger partial charge in [0.1, 0.15) is 17.5 Å². The quantitative estimate of drug-likeness (QED) is 0.894. The van der Waals surface area contributed by atoms with Crippen LogP contribution in [-0.2, 0) is 16.1 Å². The monoisotopic (exact) mass is 363 g/mol. The highest BCUT2D eigenvalue weighted by Crippen LogP contribution is 2.41. The number of carbonyl (C=O) groups is 1. The number of nitrogens with zero attached hydrogens (tertiary/aromatic N) is 1. The van der Waals surface area contributed by atoms with E-state index in [-0.39, 0.29) is 28.9 Å². The van der Waals surface area contributed by atoms with Crippen molar-refractivity contribution in [2.45, 2.75) is 19.7 Å². The van der Waals surface area contributed by atoms with Crippen molar-refractivity contribution in [3.63, 3.8) is 0 Å². The fraction of sp³-hybridized carbons (Fsp3) is 0.211. The van der Waals surface area contributed by atoms with Crippen LogP contribution >= 0.6 is 0 Å². The first kappa shape index (κ1) is 18.0. The second-order valence-electron chi connectivity index (χ2n) is 5.97. The fourth-order valence-corrected chi connectivity index (χ4v) is 3.27. The highest BCUT2D eigenvalue weighted by molar-refractivity contribution is 6.01. The fourth-order valence-electron chi connectivity index (χ4n) is 3.27. The molecular weight excluding hydrogens is 347 g/mol. The summed E-state index contributed by atoms with van der Waals surface area (Å²) in [5.74, 6) is -3.40. The molecule has 0 aromatic heterocycles. The van der Waals surface area contributed by atoms with Gasteiger partial charge in [-0.2, -0.15) is 0 Å². The summed E-state index contributed by atoms with van der Waals surface area (Å²) in [6.07, 6.45) is -1.08. The Hall–Kier alpha value is -2.80. The zero-order valence-electron chi connectivity index (χ0n) is 14.1. The van der Waals surface area contributed by atoms with Crippen LogP contribution in [-0.4, -0.2) is 24.4 Å². The molecule has 1 heterocycles. The summed E-state index contributed by atoms with van der Waals surface area (Å²) in [6, 6.07) is 7.50. The lowest BCUT2D eigenvalue weighted by atomic mass is 9.92. The van der Waals surface area contributed by atoms with E-state index in [0.29, 0.717) is 11.6 Å². The minimum Gasteiger partial charge on any atom is -0.478 e. The van der Waals surface area contributed by atoms with E-state index in [4.69, 9.17) is 4.74 Å². The van der Waals surface area contributed by atoms with E-state index in [0.717, 1.165) is 6.07 Å². The van der Waals surface area contributed by atoms with Crippen LogP contribution in [0.3, 0.4) is 0 Å². The lowest BCUT2D eigenvalue weighted by molar-refractivity contribution is -0.134. The summed E-state index contributed by atoms with van der Waals surface area (Å²) in [7, 11) is 1.31. The topological polar surface area (TPSA) is 49.8 Å². The summed E-state index contributed by atoms with van der Waals surface area (Å²) < 4.78 is 47.1. The van der Waals surface area contributed by atoms with Crippen molar-refractivity contribution in [2.75, 3.05) is 12.0 Å². The minimum absolute atomic E-state index is 0.00602. The van der Waals surface area contributed by atoms with Crippen molar-refractivity contribution in [2.24, 2.45) is 0 Å². The third kappa shape index (κ3) is 3.06. The Morgan fingerprint density at radius 3 is 2.54 bits per heavy atom. The summed E-state index contributed by atoms with van der Waals surface area (Å²) >= 11 is 0. The Morgan fingerprint density at radius 2 is 1.92 bits per heavy atom. The van der Waals surface area contributed by atoms with Crippen LogP contribution in [0.5, 0.6) is 0 Å². The van der Waals surface area contributed by atoms with Crippen LogP contribution in [0.1, 0.15) is 18.1 Å². The molecule has 0 saturated heterocycles. The predicted octanol–water partition coefficient (Wildman–Crippen LogP) is 3.95. The lowest BCUT2D eigenvalue weighted by Gasteiger charge is -2.39. The molecule has 136 valence electrons. The molecule has 1 aliphatic heterocycles. The van der Waals surface area contributed by atoms with Crippen molar-refractivity contribution >= 4 is 17.2 Å². The summed E-state index contributed by atoms with van der Waals surface area (Å²) in [6.45, 7) is 1.46. The average molecular weight is 363 g/mol. The van der Waals surface area contributed by atoms with Gasteiger partial charge in [0.25, 0.3) is 0 Å². The van der Waals surface area contributed by atoms with Gasteiger partial charge in [-0.05, 0) is 36.3 Å². The Morgan fingerprint density at radius 1 is 1.19 bits per heavy atom. The van der Waals surface area contributed by atoms with Crippen LogP contribution in [0.4, 0.5) is 18.9 Å². The van der Waals surface area contributed by atoms with Crippen LogP contribution < -0.4 is 4.90 Å². The molecule has 4 nitrogen and oxygen atoms in total. The largest absolute Gasteiger partial charge is 0.478 e. The van der Waals surface area contributed by atoms with Crippen molar-refractivity contribution < 1.29 is 27.8 Å². The highest BCUT2D eigenvalue weighted by atomic mass is 19.1. The number of methoxy groups -OCH3 is 1. The van der Waals surface area contributed by atoms with Gasteiger partial charge < -0.3 is 14.7 Å². The van der Waals surface area contributed by atoms with E-state index in [9.17, 15) is 23.1 Å². The maximum Gasteiger partial charge on any atom is 0.336 e. The molecule has 7 heteroatoms. The molecule has 0 fully saturated rings. The Labute approximate surface area is 148 Å². The van der Waals surface area contributed by atoms with E-state index in [1.165, 1.54) is 37.1 Å². The second-order valence-corrected chi connectivity index (χ2v) is 5.97. The maximum atomic E-state index is 14.4. The molecule has 1 atom stereocenters. The van der Waals surface area contributed by atoms with Crippen molar-refractivity contribution in [3.05, 3.63) is 70.5 Å². The van der Waals surface area contributed by atoms with Crippen molar-refractivity contribution in [1.29, 1.82) is 0 Å². The van der Waals surface area contributed by atoms with E-state index in [2.05, 4.69) is 0 Å². The van der Waals surface area contributed by atoms with Gasteiger partial charge in [0, 0.05) is 25.3 Å². The van der Waals surface area contributed by atoms with Crippen molar-refractivity contribution in [3.8, 4) is 0 Å². The maximum absolute atomic E-state index is 14.4. The number of benzene rings is 2. The van der Waals surface area contributed by atoms with Gasteiger partial charge >= 0.3 is 5.97 Å². The first-order valence-electron chi connectivity index (χ1n) is 7.80. The minimum atomic E-state index is -1.27. The molecule has 1 unspecified atom stereocenters. The SMILES string of the molecule is COC1C(C(=O)O)=C(C)c2c(F)cc(F)cc2N1Cc1cccc(F)c1. The molecule has 1 aliphatic rings. The number of allylic oxidation sites excluding steroid dienone is 1. The summed E-state index contributed by atoms with van der Waals surface area (Å²) in [5.41, 5.74) is 0.663. The average Bonchev–Trinajstić information content (AvgIpc) is 2.55. The first-order valence-corrected chi connectivity index (χ1v) is 7.80. The number of anilines is 1. The smallest absolute Gasteiger partial charge is 0.336 e. The number of aliphatic carboxylic acids is 1. The summed E-state index contributed by atoms with van der Waals surface area (Å²) in [5, 5.41) is 9.59. The van der Waals surface area contributed by atoms with E-state index in [1.807, 2.05) is 0 Å². The number of carboxylic acids is 1. The Kier molecular flexibility index (Phi) is 4.73. The van der Waals surface area contributed by atoms with E-state index in [1.54, 1.807) is 6.07 Å². The Bertz CT molecular complexity index is 911. The zero-order valence-corrected chi connectivity index (χ0v) is 14.1. The molecular formula is C19H16F3NO3.